The van der Waals surface area contributed by atoms with Gasteiger partial charge in [-0.2, -0.15) is 0 Å². The summed E-state index contributed by atoms with van der Waals surface area (Å²) in [4.78, 5) is 18.1. The van der Waals surface area contributed by atoms with E-state index in [1.54, 1.807) is 0 Å². The largest absolute Gasteiger partial charge is 0.334 e. The molecule has 2 bridgehead atoms. The molecule has 6 aromatic carbocycles. The second kappa shape index (κ2) is 11.8. The molecule has 1 aliphatic carbocycles. The lowest BCUT2D eigenvalue weighted by atomic mass is 9.84. The Kier molecular flexibility index (Phi) is 6.75. The van der Waals surface area contributed by atoms with Gasteiger partial charge in [0.2, 0.25) is 0 Å². The van der Waals surface area contributed by atoms with Crippen molar-refractivity contribution in [2.45, 2.75) is 18.4 Å². The Bertz CT molecular complexity index is 2850. The molecule has 246 valence electrons. The maximum absolute atomic E-state index is 5.24. The lowest BCUT2D eigenvalue weighted by Crippen LogP contribution is -2.35. The minimum absolute atomic E-state index is 0.188. The monoisotopic (exact) mass is 702 g/mol. The summed E-state index contributed by atoms with van der Waals surface area (Å²) in [6, 6.07) is 47.9. The number of hydrogen-bond acceptors (Lipinski definition) is 6. The Morgan fingerprint density at radius 3 is 1.87 bits per heavy atom. The molecule has 6 heteroatoms. The molecule has 0 saturated carbocycles. The summed E-state index contributed by atoms with van der Waals surface area (Å²) >= 11 is 3.69. The van der Waals surface area contributed by atoms with Crippen molar-refractivity contribution in [2.24, 2.45) is 0 Å². The fraction of sp³-hybridized carbons (Fsp3) is 0.0652. The molecule has 9 aromatic rings. The number of aromatic nitrogens is 3. The Hall–Kier alpha value is -5.95. The van der Waals surface area contributed by atoms with Crippen LogP contribution in [0.15, 0.2) is 158 Å². The molecule has 4 nitrogen and oxygen atoms in total. The standard InChI is InChI=1S/C46H30N4S2/c1-3-13-28(14-4-1)44-47-45(29-15-5-2-6-16-29)49-46(48-44)38-25-32(24-37-34-20-10-12-22-41(34)52-43(37)38)50-31-18-8-7-17-30(23-31)35-26-36-33-19-9-11-21-40(33)51-42(36)27-39(35)50/h1-22,24-27,30-31H,23H2. The third kappa shape index (κ3) is 4.75. The van der Waals surface area contributed by atoms with Crippen molar-refractivity contribution < 1.29 is 0 Å². The molecule has 11 rings (SSSR count). The molecular formula is C46H30N4S2. The highest BCUT2D eigenvalue weighted by atomic mass is 32.1. The van der Waals surface area contributed by atoms with Crippen LogP contribution in [-0.4, -0.2) is 21.0 Å². The number of rotatable bonds is 4. The minimum Gasteiger partial charge on any atom is -0.334 e. The molecule has 4 heterocycles. The van der Waals surface area contributed by atoms with E-state index in [1.807, 2.05) is 59.1 Å². The van der Waals surface area contributed by atoms with E-state index in [9.17, 15) is 0 Å². The van der Waals surface area contributed by atoms with Gasteiger partial charge in [-0.3, -0.25) is 0 Å². The first-order valence-electron chi connectivity index (χ1n) is 17.7. The molecule has 0 saturated heterocycles. The van der Waals surface area contributed by atoms with E-state index in [2.05, 4.69) is 126 Å². The van der Waals surface area contributed by atoms with Crippen LogP contribution in [0.1, 0.15) is 17.9 Å². The average molecular weight is 703 g/mol. The lowest BCUT2D eigenvalue weighted by Gasteiger charge is -2.40. The van der Waals surface area contributed by atoms with Crippen LogP contribution in [0.3, 0.4) is 0 Å². The minimum atomic E-state index is 0.188. The predicted molar refractivity (Wildman–Crippen MR) is 220 cm³/mol. The van der Waals surface area contributed by atoms with Gasteiger partial charge in [0.1, 0.15) is 0 Å². The van der Waals surface area contributed by atoms with Crippen LogP contribution in [0.4, 0.5) is 11.4 Å². The zero-order valence-electron chi connectivity index (χ0n) is 28.0. The second-order valence-electron chi connectivity index (χ2n) is 13.6. The van der Waals surface area contributed by atoms with Crippen molar-refractivity contribution in [3.8, 4) is 34.2 Å². The summed E-state index contributed by atoms with van der Waals surface area (Å²) in [7, 11) is 0. The van der Waals surface area contributed by atoms with Crippen molar-refractivity contribution in [3.63, 3.8) is 0 Å². The van der Waals surface area contributed by atoms with E-state index < -0.39 is 0 Å². The number of hydrogen-bond donors (Lipinski definition) is 0. The summed E-state index contributed by atoms with van der Waals surface area (Å²) < 4.78 is 5.08. The summed E-state index contributed by atoms with van der Waals surface area (Å²) in [6.45, 7) is 0. The molecule has 1 aliphatic heterocycles. The highest BCUT2D eigenvalue weighted by Gasteiger charge is 2.34. The van der Waals surface area contributed by atoms with Crippen molar-refractivity contribution in [1.29, 1.82) is 0 Å². The van der Waals surface area contributed by atoms with Crippen LogP contribution >= 0.6 is 22.7 Å². The van der Waals surface area contributed by atoms with Gasteiger partial charge in [-0.1, -0.05) is 121 Å². The Morgan fingerprint density at radius 1 is 0.519 bits per heavy atom. The van der Waals surface area contributed by atoms with E-state index in [1.165, 1.54) is 51.6 Å². The van der Waals surface area contributed by atoms with Gasteiger partial charge in [0.25, 0.3) is 0 Å². The fourth-order valence-electron chi connectivity index (χ4n) is 8.07. The predicted octanol–water partition coefficient (Wildman–Crippen LogP) is 12.7. The van der Waals surface area contributed by atoms with Gasteiger partial charge in [-0.15, -0.1) is 22.7 Å². The quantitative estimate of drug-likeness (QED) is 0.183. The lowest BCUT2D eigenvalue weighted by molar-refractivity contribution is 0.621. The molecule has 2 unspecified atom stereocenters. The first-order chi connectivity index (χ1) is 25.7. The van der Waals surface area contributed by atoms with Gasteiger partial charge < -0.3 is 4.90 Å². The summed E-state index contributed by atoms with van der Waals surface area (Å²) in [5.41, 5.74) is 6.74. The number of fused-ring (bicyclic) bond motifs is 10. The van der Waals surface area contributed by atoms with Gasteiger partial charge in [0, 0.05) is 74.3 Å². The summed E-state index contributed by atoms with van der Waals surface area (Å²) in [5.74, 6) is 2.35. The molecule has 0 N–H and O–H groups in total. The molecule has 0 spiro atoms. The molecule has 0 radical (unpaired) electrons. The number of allylic oxidation sites excluding steroid dienone is 3. The first-order valence-corrected chi connectivity index (χ1v) is 19.3. The Labute approximate surface area is 308 Å². The van der Waals surface area contributed by atoms with Crippen molar-refractivity contribution in [1.82, 2.24) is 15.0 Å². The van der Waals surface area contributed by atoms with Crippen molar-refractivity contribution >= 4 is 74.4 Å². The van der Waals surface area contributed by atoms with E-state index in [-0.39, 0.29) is 6.04 Å². The van der Waals surface area contributed by atoms with Crippen LogP contribution in [-0.2, 0) is 0 Å². The zero-order valence-corrected chi connectivity index (χ0v) is 29.6. The summed E-state index contributed by atoms with van der Waals surface area (Å²) in [5, 5.41) is 5.15. The molecule has 3 aromatic heterocycles. The van der Waals surface area contributed by atoms with E-state index >= 15 is 0 Å². The highest BCUT2D eigenvalue weighted by Crippen LogP contribution is 2.51. The van der Waals surface area contributed by atoms with Gasteiger partial charge >= 0.3 is 0 Å². The van der Waals surface area contributed by atoms with Crippen LogP contribution in [0, 0.1) is 0 Å². The maximum Gasteiger partial charge on any atom is 0.165 e. The molecule has 0 fully saturated rings. The van der Waals surface area contributed by atoms with Crippen LogP contribution in [0.5, 0.6) is 0 Å². The van der Waals surface area contributed by atoms with E-state index in [0.717, 1.165) is 28.8 Å². The van der Waals surface area contributed by atoms with Gasteiger partial charge in [0.15, 0.2) is 17.5 Å². The van der Waals surface area contributed by atoms with Gasteiger partial charge in [-0.05, 0) is 48.4 Å². The molecule has 0 amide bonds. The van der Waals surface area contributed by atoms with E-state index in [0.29, 0.717) is 23.4 Å². The number of anilines is 2. The van der Waals surface area contributed by atoms with Crippen molar-refractivity contribution in [2.75, 3.05) is 4.90 Å². The Morgan fingerprint density at radius 2 is 1.13 bits per heavy atom. The number of nitrogens with zero attached hydrogens (tertiary/aromatic N) is 4. The average Bonchev–Trinajstić information content (AvgIpc) is 3.68. The Balaban J connectivity index is 1.19. The number of benzene rings is 6. The van der Waals surface area contributed by atoms with Crippen LogP contribution in [0.2, 0.25) is 0 Å². The smallest absolute Gasteiger partial charge is 0.165 e. The first kappa shape index (κ1) is 29.7. The second-order valence-corrected chi connectivity index (χ2v) is 15.7. The molecule has 2 aliphatic rings. The molecule has 2 atom stereocenters. The molecular weight excluding hydrogens is 673 g/mol. The normalized spacial score (nSPS) is 16.6. The maximum atomic E-state index is 5.24. The zero-order chi connectivity index (χ0) is 34.2. The SMILES string of the molecule is C1=CC2CC(C=C1)N(c1cc(-c3nc(-c4ccccc4)nc(-c4ccccc4)n3)c3sc4ccccc4c3c1)c1cc3sc4ccccc4c3cc12. The third-order valence-electron chi connectivity index (χ3n) is 10.5. The molecule has 52 heavy (non-hydrogen) atoms. The summed E-state index contributed by atoms with van der Waals surface area (Å²) in [6.07, 6.45) is 10.2. The highest BCUT2D eigenvalue weighted by molar-refractivity contribution is 7.26. The van der Waals surface area contributed by atoms with E-state index in [4.69, 9.17) is 15.0 Å². The van der Waals surface area contributed by atoms with Gasteiger partial charge in [0.05, 0.1) is 6.04 Å². The van der Waals surface area contributed by atoms with Crippen molar-refractivity contribution in [3.05, 3.63) is 163 Å². The topological polar surface area (TPSA) is 41.9 Å². The van der Waals surface area contributed by atoms with Crippen LogP contribution in [0.25, 0.3) is 74.5 Å². The fourth-order valence-corrected chi connectivity index (χ4v) is 10.4. The number of thiophene rings is 2. The van der Waals surface area contributed by atoms with Crippen LogP contribution < -0.4 is 4.90 Å². The van der Waals surface area contributed by atoms with Gasteiger partial charge in [-0.25, -0.2) is 15.0 Å². The third-order valence-corrected chi connectivity index (χ3v) is 12.8.